The number of carboxylic acids is 1. The van der Waals surface area contributed by atoms with Crippen LogP contribution in [0.3, 0.4) is 0 Å². The first-order valence-electron chi connectivity index (χ1n) is 5.31. The summed E-state index contributed by atoms with van der Waals surface area (Å²) in [7, 11) is 0. The molecule has 0 heterocycles. The summed E-state index contributed by atoms with van der Waals surface area (Å²) in [5.74, 6) is -0.658. The quantitative estimate of drug-likeness (QED) is 0.863. The van der Waals surface area contributed by atoms with Crippen LogP contribution in [0, 0.1) is 5.92 Å². The Kier molecular flexibility index (Phi) is 3.26. The van der Waals surface area contributed by atoms with Gasteiger partial charge in [-0.3, -0.25) is 4.79 Å². The van der Waals surface area contributed by atoms with Crippen LogP contribution in [-0.4, -0.2) is 24.1 Å². The van der Waals surface area contributed by atoms with Crippen molar-refractivity contribution >= 4 is 5.97 Å². The predicted molar refractivity (Wildman–Crippen MR) is 56.4 cm³/mol. The summed E-state index contributed by atoms with van der Waals surface area (Å²) in [6, 6.07) is 6.65. The van der Waals surface area contributed by atoms with Crippen molar-refractivity contribution in [3.63, 3.8) is 0 Å². The normalized spacial score (nSPS) is 22.5. The number of halogens is 2. The van der Waals surface area contributed by atoms with Gasteiger partial charge >= 0.3 is 5.97 Å². The van der Waals surface area contributed by atoms with E-state index >= 15 is 0 Å². The Morgan fingerprint density at radius 2 is 2.06 bits per heavy atom. The van der Waals surface area contributed by atoms with Gasteiger partial charge in [0.2, 0.25) is 0 Å². The van der Waals surface area contributed by atoms with Gasteiger partial charge in [-0.15, -0.1) is 0 Å². The molecule has 2 atom stereocenters. The van der Waals surface area contributed by atoms with E-state index < -0.39 is 19.0 Å². The van der Waals surface area contributed by atoms with E-state index in [1.807, 2.05) is 0 Å². The van der Waals surface area contributed by atoms with Crippen LogP contribution >= 0.6 is 0 Å². The van der Waals surface area contributed by atoms with Crippen molar-refractivity contribution in [2.45, 2.75) is 18.8 Å². The van der Waals surface area contributed by atoms with E-state index in [1.165, 1.54) is 0 Å². The molecule has 1 N–H and O–H groups in total. The topological polar surface area (TPSA) is 46.5 Å². The molecule has 17 heavy (non-hydrogen) atoms. The largest absolute Gasteiger partial charge is 0.488 e. The van der Waals surface area contributed by atoms with Crippen LogP contribution in [0.5, 0.6) is 5.75 Å². The van der Waals surface area contributed by atoms with Gasteiger partial charge in [-0.2, -0.15) is 0 Å². The molecule has 1 fully saturated rings. The van der Waals surface area contributed by atoms with E-state index in [4.69, 9.17) is 9.84 Å². The highest BCUT2D eigenvalue weighted by Gasteiger charge is 2.43. The molecule has 0 radical (unpaired) electrons. The van der Waals surface area contributed by atoms with Gasteiger partial charge in [0, 0.05) is 0 Å². The van der Waals surface area contributed by atoms with Gasteiger partial charge in [0.1, 0.15) is 12.4 Å². The molecule has 0 aromatic heterocycles. The number of hydrogen-bond donors (Lipinski definition) is 1. The van der Waals surface area contributed by atoms with Crippen molar-refractivity contribution in [1.82, 2.24) is 0 Å². The summed E-state index contributed by atoms with van der Waals surface area (Å²) < 4.78 is 28.6. The minimum Gasteiger partial charge on any atom is -0.488 e. The molecular formula is C12H12F2O3. The highest BCUT2D eigenvalue weighted by molar-refractivity contribution is 5.75. The van der Waals surface area contributed by atoms with Crippen molar-refractivity contribution in [3.05, 3.63) is 29.8 Å². The molecule has 92 valence electrons. The van der Waals surface area contributed by atoms with Crippen LogP contribution in [0.25, 0.3) is 0 Å². The molecule has 2 rings (SSSR count). The third kappa shape index (κ3) is 2.93. The zero-order chi connectivity index (χ0) is 12.4. The summed E-state index contributed by atoms with van der Waals surface area (Å²) in [4.78, 5) is 10.7. The molecule has 0 bridgehead atoms. The first-order chi connectivity index (χ1) is 8.08. The lowest BCUT2D eigenvalue weighted by Crippen LogP contribution is -2.06. The highest BCUT2D eigenvalue weighted by atomic mass is 19.3. The van der Waals surface area contributed by atoms with Crippen LogP contribution < -0.4 is 4.74 Å². The summed E-state index contributed by atoms with van der Waals surface area (Å²) >= 11 is 0. The average Bonchev–Trinajstić information content (AvgIpc) is 3.07. The fourth-order valence-electron chi connectivity index (χ4n) is 1.81. The molecular weight excluding hydrogens is 230 g/mol. The van der Waals surface area contributed by atoms with Gasteiger partial charge in [-0.05, 0) is 30.0 Å². The second-order valence-corrected chi connectivity index (χ2v) is 4.06. The first kappa shape index (κ1) is 11.8. The standard InChI is InChI=1S/C12H12F2O3/c13-11(14)6-17-8-3-1-7(2-4-8)9-5-10(9)12(15)16/h1-4,9-11H,5-6H2,(H,15,16)/t9-,10-/m0/s1. The third-order valence-electron chi connectivity index (χ3n) is 2.79. The van der Waals surface area contributed by atoms with E-state index in [-0.39, 0.29) is 11.8 Å². The fourth-order valence-corrected chi connectivity index (χ4v) is 1.81. The zero-order valence-corrected chi connectivity index (χ0v) is 8.98. The second kappa shape index (κ2) is 4.69. The summed E-state index contributed by atoms with van der Waals surface area (Å²) in [5.41, 5.74) is 0.918. The van der Waals surface area contributed by atoms with Crippen molar-refractivity contribution < 1.29 is 23.4 Å². The number of ether oxygens (including phenoxy) is 1. The number of aliphatic carboxylic acids is 1. The Morgan fingerprint density at radius 3 is 2.53 bits per heavy atom. The SMILES string of the molecule is O=C(O)[C@H]1C[C@H]1c1ccc(OCC(F)F)cc1. The molecule has 0 saturated heterocycles. The lowest BCUT2D eigenvalue weighted by Gasteiger charge is -2.06. The molecule has 1 aromatic rings. The van der Waals surface area contributed by atoms with Gasteiger partial charge in [0.05, 0.1) is 5.92 Å². The zero-order valence-electron chi connectivity index (χ0n) is 8.98. The van der Waals surface area contributed by atoms with Crippen molar-refractivity contribution in [2.75, 3.05) is 6.61 Å². The van der Waals surface area contributed by atoms with E-state index in [1.54, 1.807) is 24.3 Å². The van der Waals surface area contributed by atoms with E-state index in [9.17, 15) is 13.6 Å². The second-order valence-electron chi connectivity index (χ2n) is 4.06. The van der Waals surface area contributed by atoms with Crippen molar-refractivity contribution in [3.8, 4) is 5.75 Å². The molecule has 1 aromatic carbocycles. The molecule has 1 saturated carbocycles. The van der Waals surface area contributed by atoms with Gasteiger partial charge in [-0.1, -0.05) is 12.1 Å². The summed E-state index contributed by atoms with van der Waals surface area (Å²) in [6.45, 7) is -0.624. The minimum atomic E-state index is -2.49. The molecule has 5 heteroatoms. The average molecular weight is 242 g/mol. The molecule has 1 aliphatic rings. The Hall–Kier alpha value is -1.65. The lowest BCUT2D eigenvalue weighted by atomic mass is 10.1. The van der Waals surface area contributed by atoms with E-state index in [2.05, 4.69) is 0 Å². The smallest absolute Gasteiger partial charge is 0.307 e. The molecule has 0 unspecified atom stereocenters. The Labute approximate surface area is 97.0 Å². The van der Waals surface area contributed by atoms with Crippen LogP contribution in [0.2, 0.25) is 0 Å². The Bertz CT molecular complexity index is 403. The van der Waals surface area contributed by atoms with Gasteiger partial charge < -0.3 is 9.84 Å². The van der Waals surface area contributed by atoms with Crippen LogP contribution in [-0.2, 0) is 4.79 Å². The Balaban J connectivity index is 1.93. The fraction of sp³-hybridized carbons (Fsp3) is 0.417. The van der Waals surface area contributed by atoms with Gasteiger partial charge in [-0.25, -0.2) is 8.78 Å². The van der Waals surface area contributed by atoms with Crippen LogP contribution in [0.15, 0.2) is 24.3 Å². The number of carboxylic acid groups (broad SMARTS) is 1. The molecule has 1 aliphatic carbocycles. The Morgan fingerprint density at radius 1 is 1.41 bits per heavy atom. The lowest BCUT2D eigenvalue weighted by molar-refractivity contribution is -0.138. The number of benzene rings is 1. The van der Waals surface area contributed by atoms with Crippen molar-refractivity contribution in [2.24, 2.45) is 5.92 Å². The monoisotopic (exact) mass is 242 g/mol. The molecule has 0 spiro atoms. The maximum Gasteiger partial charge on any atom is 0.307 e. The first-order valence-corrected chi connectivity index (χ1v) is 5.31. The predicted octanol–water partition coefficient (Wildman–Crippen LogP) is 2.52. The number of carbonyl (C=O) groups is 1. The summed E-state index contributed by atoms with van der Waals surface area (Å²) in [5, 5.41) is 8.78. The van der Waals surface area contributed by atoms with Gasteiger partial charge in [0.15, 0.2) is 0 Å². The van der Waals surface area contributed by atoms with Crippen LogP contribution in [0.1, 0.15) is 17.9 Å². The third-order valence-corrected chi connectivity index (χ3v) is 2.79. The number of hydrogen-bond acceptors (Lipinski definition) is 2. The van der Waals surface area contributed by atoms with Crippen molar-refractivity contribution in [1.29, 1.82) is 0 Å². The number of alkyl halides is 2. The molecule has 0 aliphatic heterocycles. The maximum atomic E-state index is 11.9. The maximum absolute atomic E-state index is 11.9. The molecule has 3 nitrogen and oxygen atoms in total. The summed E-state index contributed by atoms with van der Waals surface area (Å²) in [6.07, 6.45) is -1.85. The minimum absolute atomic E-state index is 0.0525. The van der Waals surface area contributed by atoms with Gasteiger partial charge in [0.25, 0.3) is 6.43 Å². The number of rotatable bonds is 5. The molecule has 0 amide bonds. The highest BCUT2D eigenvalue weighted by Crippen LogP contribution is 2.47. The van der Waals surface area contributed by atoms with Crippen LogP contribution in [0.4, 0.5) is 8.78 Å². The van der Waals surface area contributed by atoms with E-state index in [0.717, 1.165) is 5.56 Å². The van der Waals surface area contributed by atoms with E-state index in [0.29, 0.717) is 12.2 Å².